The molecule has 0 heterocycles. The molecule has 0 amide bonds. The predicted molar refractivity (Wildman–Crippen MR) is 204 cm³/mol. The van der Waals surface area contributed by atoms with Crippen molar-refractivity contribution in [1.82, 2.24) is 0 Å². The molecule has 0 nitrogen and oxygen atoms in total. The van der Waals surface area contributed by atoms with E-state index < -0.39 is 8.07 Å². The van der Waals surface area contributed by atoms with Crippen LogP contribution in [0.5, 0.6) is 0 Å². The van der Waals surface area contributed by atoms with Crippen molar-refractivity contribution in [2.45, 2.75) is 132 Å². The standard InChI is InChI=1S/C44H61Si/c1-27(2)34-15-16-41(20-34)45(42-21-35(28(3)4)17-36(22-42)29(5)6,43-23-37(30(7)8)18-38(24-43)31(9)10)44-25-39(32(11)12)19-40(26-44)33(13)14/h15-33H,1-14H3. The summed E-state index contributed by atoms with van der Waals surface area (Å²) < 4.78 is 0. The first-order valence-corrected chi connectivity index (χ1v) is 19.8. The van der Waals surface area contributed by atoms with E-state index in [1.165, 1.54) is 60.1 Å². The molecule has 4 rings (SSSR count). The molecule has 0 spiro atoms. The van der Waals surface area contributed by atoms with Gasteiger partial charge in [-0.3, -0.25) is 0 Å². The minimum Gasteiger partial charge on any atom is -0.0750 e. The average Bonchev–Trinajstić information content (AvgIpc) is 3.48. The van der Waals surface area contributed by atoms with Gasteiger partial charge in [-0.2, -0.15) is 0 Å². The molecule has 1 aliphatic rings. The Morgan fingerprint density at radius 1 is 0.333 bits per heavy atom. The topological polar surface area (TPSA) is 0 Å². The van der Waals surface area contributed by atoms with Crippen LogP contribution in [-0.4, -0.2) is 8.07 Å². The zero-order valence-electron chi connectivity index (χ0n) is 31.0. The molecule has 1 radical (unpaired) electrons. The van der Waals surface area contributed by atoms with Crippen LogP contribution in [0, 0.1) is 11.5 Å². The summed E-state index contributed by atoms with van der Waals surface area (Å²) in [6.45, 7) is 33.0. The lowest BCUT2D eigenvalue weighted by Gasteiger charge is -2.40. The maximum atomic E-state index is 2.61. The second-order valence-electron chi connectivity index (χ2n) is 15.9. The Morgan fingerprint density at radius 3 is 0.800 bits per heavy atom. The van der Waals surface area contributed by atoms with Gasteiger partial charge in [-0.05, 0) is 95.9 Å². The monoisotopic (exact) mass is 617 g/mol. The zero-order valence-corrected chi connectivity index (χ0v) is 32.0. The summed E-state index contributed by atoms with van der Waals surface area (Å²) in [5.74, 6) is 3.24. The Labute approximate surface area is 278 Å². The van der Waals surface area contributed by atoms with Gasteiger partial charge in [-0.1, -0.05) is 170 Å². The first-order chi connectivity index (χ1) is 21.1. The lowest BCUT2D eigenvalue weighted by molar-refractivity contribution is 0.794. The molecule has 0 saturated heterocycles. The Morgan fingerprint density at radius 2 is 0.600 bits per heavy atom. The van der Waals surface area contributed by atoms with Gasteiger partial charge >= 0.3 is 0 Å². The Hall–Kier alpha value is -2.64. The molecular weight excluding hydrogens is 557 g/mol. The lowest BCUT2D eigenvalue weighted by Crippen LogP contribution is -2.70. The van der Waals surface area contributed by atoms with Crippen molar-refractivity contribution in [3.8, 4) is 0 Å². The lowest BCUT2D eigenvalue weighted by atomic mass is 9.95. The normalized spacial score (nSPS) is 14.5. The van der Waals surface area contributed by atoms with Crippen LogP contribution >= 0.6 is 0 Å². The molecule has 0 saturated carbocycles. The quantitative estimate of drug-likeness (QED) is 0.148. The summed E-state index contributed by atoms with van der Waals surface area (Å²) in [4.78, 5) is 0. The smallest absolute Gasteiger partial charge is 0.0750 e. The van der Waals surface area contributed by atoms with Gasteiger partial charge < -0.3 is 0 Å². The molecule has 45 heavy (non-hydrogen) atoms. The number of benzene rings is 3. The Balaban J connectivity index is 2.32. The highest BCUT2D eigenvalue weighted by molar-refractivity contribution is 7.15. The highest BCUT2D eigenvalue weighted by Crippen LogP contribution is 2.35. The fourth-order valence-electron chi connectivity index (χ4n) is 6.73. The minimum absolute atomic E-state index is 0.460. The molecule has 0 atom stereocenters. The van der Waals surface area contributed by atoms with Crippen LogP contribution in [0.2, 0.25) is 0 Å². The summed E-state index contributed by atoms with van der Waals surface area (Å²) in [6.07, 6.45) is 7.51. The van der Waals surface area contributed by atoms with Crippen molar-refractivity contribution in [3.05, 3.63) is 117 Å². The molecule has 3 aromatic rings. The fraction of sp³-hybridized carbons (Fsp3) is 0.477. The third-order valence-corrected chi connectivity index (χ3v) is 14.8. The molecule has 1 aliphatic carbocycles. The first-order valence-electron chi connectivity index (χ1n) is 17.8. The van der Waals surface area contributed by atoms with Crippen molar-refractivity contribution in [2.24, 2.45) is 5.92 Å². The molecule has 0 fully saturated rings. The summed E-state index contributed by atoms with van der Waals surface area (Å²) >= 11 is 0. The van der Waals surface area contributed by atoms with Gasteiger partial charge in [-0.15, -0.1) is 0 Å². The molecule has 0 unspecified atom stereocenters. The van der Waals surface area contributed by atoms with Crippen LogP contribution in [0.4, 0.5) is 0 Å². The molecule has 0 bridgehead atoms. The Kier molecular flexibility index (Phi) is 11.0. The van der Waals surface area contributed by atoms with Gasteiger partial charge in [0.25, 0.3) is 0 Å². The van der Waals surface area contributed by atoms with E-state index in [1.54, 1.807) is 0 Å². The van der Waals surface area contributed by atoms with E-state index in [4.69, 9.17) is 0 Å². The van der Waals surface area contributed by atoms with Gasteiger partial charge in [0.05, 0.1) is 0 Å². The molecular formula is C44H61Si. The maximum absolute atomic E-state index is 2.79. The van der Waals surface area contributed by atoms with Crippen molar-refractivity contribution < 1.29 is 0 Å². The average molecular weight is 618 g/mol. The third-order valence-electron chi connectivity index (χ3n) is 10.1. The van der Waals surface area contributed by atoms with Gasteiger partial charge in [-0.25, -0.2) is 0 Å². The molecule has 0 aromatic heterocycles. The van der Waals surface area contributed by atoms with Crippen molar-refractivity contribution in [1.29, 1.82) is 0 Å². The van der Waals surface area contributed by atoms with E-state index in [-0.39, 0.29) is 0 Å². The first kappa shape index (κ1) is 35.2. The minimum atomic E-state index is -2.79. The Bertz CT molecular complexity index is 1310. The van der Waals surface area contributed by atoms with E-state index in [2.05, 4.69) is 170 Å². The number of rotatable bonds is 11. The van der Waals surface area contributed by atoms with E-state index >= 15 is 0 Å². The van der Waals surface area contributed by atoms with Crippen LogP contribution in [-0.2, 0) is 0 Å². The molecule has 0 aliphatic heterocycles. The van der Waals surface area contributed by atoms with E-state index in [0.29, 0.717) is 41.4 Å². The van der Waals surface area contributed by atoms with Gasteiger partial charge in [0.2, 0.25) is 0 Å². The zero-order chi connectivity index (χ0) is 33.4. The summed E-state index contributed by atoms with van der Waals surface area (Å²) in [5, 5.41) is 4.60. The van der Waals surface area contributed by atoms with E-state index in [1.807, 2.05) is 0 Å². The van der Waals surface area contributed by atoms with Crippen LogP contribution in [0.1, 0.15) is 166 Å². The summed E-state index contributed by atoms with van der Waals surface area (Å²) in [5.41, 5.74) is 11.7. The molecule has 1 heteroatoms. The van der Waals surface area contributed by atoms with Crippen LogP contribution in [0.15, 0.2) is 78.4 Å². The van der Waals surface area contributed by atoms with Crippen molar-refractivity contribution in [3.63, 3.8) is 0 Å². The second kappa shape index (κ2) is 14.0. The highest BCUT2D eigenvalue weighted by Gasteiger charge is 2.47. The summed E-state index contributed by atoms with van der Waals surface area (Å²) in [6, 6.07) is 23.1. The number of allylic oxidation sites excluding steroid dienone is 4. The van der Waals surface area contributed by atoms with Crippen molar-refractivity contribution >= 4 is 23.6 Å². The number of hydrogen-bond donors (Lipinski definition) is 0. The van der Waals surface area contributed by atoms with E-state index in [0.717, 1.165) is 0 Å². The molecule has 3 aromatic carbocycles. The third kappa shape index (κ3) is 7.20. The second-order valence-corrected chi connectivity index (χ2v) is 19.7. The largest absolute Gasteiger partial charge is 0.162 e. The fourth-order valence-corrected chi connectivity index (χ4v) is 11.7. The maximum Gasteiger partial charge on any atom is 0.162 e. The highest BCUT2D eigenvalue weighted by atomic mass is 28.3. The summed E-state index contributed by atoms with van der Waals surface area (Å²) in [7, 11) is -2.79. The van der Waals surface area contributed by atoms with Crippen LogP contribution in [0.3, 0.4) is 0 Å². The van der Waals surface area contributed by atoms with Crippen LogP contribution < -0.4 is 15.6 Å². The molecule has 241 valence electrons. The van der Waals surface area contributed by atoms with Crippen LogP contribution in [0.25, 0.3) is 0 Å². The van der Waals surface area contributed by atoms with Gasteiger partial charge in [0.15, 0.2) is 8.07 Å². The van der Waals surface area contributed by atoms with E-state index in [9.17, 15) is 0 Å². The predicted octanol–water partition coefficient (Wildman–Crippen LogP) is 11.2. The van der Waals surface area contributed by atoms with Gasteiger partial charge in [0, 0.05) is 5.54 Å². The number of hydrogen-bond acceptors (Lipinski definition) is 0. The van der Waals surface area contributed by atoms with Crippen molar-refractivity contribution in [2.75, 3.05) is 0 Å². The molecule has 0 N–H and O–H groups in total. The van der Waals surface area contributed by atoms with Gasteiger partial charge in [0.1, 0.15) is 0 Å². The SMILES string of the molecule is CC(C)C1=C[C]([Si](c2cc(C(C)C)cc(C(C)C)c2)(c2cc(C(C)C)cc(C(C)C)c2)c2cc(C(C)C)cc(C(C)C)c2)C=C1.